The van der Waals surface area contributed by atoms with Crippen molar-refractivity contribution in [2.45, 2.75) is 26.3 Å². The number of amides is 1. The summed E-state index contributed by atoms with van der Waals surface area (Å²) in [6.45, 7) is 2.12. The second-order valence-electron chi connectivity index (χ2n) is 7.68. The lowest BCUT2D eigenvalue weighted by atomic mass is 9.94. The van der Waals surface area contributed by atoms with Gasteiger partial charge in [-0.15, -0.1) is 0 Å². The van der Waals surface area contributed by atoms with Gasteiger partial charge in [0.05, 0.1) is 23.6 Å². The topological polar surface area (TPSA) is 75.6 Å². The number of rotatable bonds is 9. The number of hydrogen-bond donors (Lipinski definition) is 2. The minimum atomic E-state index is -0.786. The van der Waals surface area contributed by atoms with E-state index in [0.717, 1.165) is 22.3 Å². The highest BCUT2D eigenvalue weighted by Gasteiger charge is 2.16. The van der Waals surface area contributed by atoms with E-state index < -0.39 is 11.9 Å². The first-order chi connectivity index (χ1) is 15.8. The quantitative estimate of drug-likeness (QED) is 0.375. The van der Waals surface area contributed by atoms with Crippen LogP contribution in [0.2, 0.25) is 10.0 Å². The molecule has 0 aliphatic carbocycles. The standard InChI is InChI=1S/C26H25Cl2NO4/c1-3-17(26(31)32)11-16-5-4-6-18(12-16)19-7-10-24(33-2)20(13-19)15-29-25(30)22-9-8-21(27)14-23(22)28/h4-10,12-14,17H,3,11,15H2,1-2H3,(H,29,30)(H,31,32). The fourth-order valence-electron chi connectivity index (χ4n) is 3.61. The van der Waals surface area contributed by atoms with Gasteiger partial charge in [-0.1, -0.05) is 60.5 Å². The van der Waals surface area contributed by atoms with Crippen LogP contribution in [0.5, 0.6) is 5.75 Å². The number of nitrogens with one attached hydrogen (secondary N) is 1. The van der Waals surface area contributed by atoms with Crippen LogP contribution in [-0.4, -0.2) is 24.1 Å². The van der Waals surface area contributed by atoms with Crippen molar-refractivity contribution in [3.05, 3.63) is 87.4 Å². The first kappa shape index (κ1) is 24.6. The molecule has 0 bridgehead atoms. The van der Waals surface area contributed by atoms with E-state index in [1.54, 1.807) is 19.2 Å². The molecule has 0 saturated heterocycles. The lowest BCUT2D eigenvalue weighted by Crippen LogP contribution is -2.23. The summed E-state index contributed by atoms with van der Waals surface area (Å²) in [5, 5.41) is 13.0. The number of ether oxygens (including phenoxy) is 1. The summed E-state index contributed by atoms with van der Waals surface area (Å²) in [5.41, 5.74) is 4.01. The van der Waals surface area contributed by atoms with Crippen molar-refractivity contribution in [1.82, 2.24) is 5.32 Å². The molecule has 5 nitrogen and oxygen atoms in total. The Morgan fingerprint density at radius 2 is 1.79 bits per heavy atom. The molecule has 0 spiro atoms. The van der Waals surface area contributed by atoms with Gasteiger partial charge in [-0.2, -0.15) is 0 Å². The molecule has 0 heterocycles. The minimum absolute atomic E-state index is 0.241. The summed E-state index contributed by atoms with van der Waals surface area (Å²) in [7, 11) is 1.58. The number of carbonyl (C=O) groups excluding carboxylic acids is 1. The normalized spacial score (nSPS) is 11.6. The minimum Gasteiger partial charge on any atom is -0.496 e. The number of aliphatic carboxylic acids is 1. The third-order valence-corrected chi connectivity index (χ3v) is 6.03. The highest BCUT2D eigenvalue weighted by atomic mass is 35.5. The van der Waals surface area contributed by atoms with Gasteiger partial charge in [-0.05, 0) is 59.9 Å². The number of benzene rings is 3. The summed E-state index contributed by atoms with van der Waals surface area (Å²) in [4.78, 5) is 24.0. The van der Waals surface area contributed by atoms with Gasteiger partial charge < -0.3 is 15.2 Å². The van der Waals surface area contributed by atoms with Gasteiger partial charge in [0.2, 0.25) is 0 Å². The van der Waals surface area contributed by atoms with Crippen molar-refractivity contribution in [1.29, 1.82) is 0 Å². The van der Waals surface area contributed by atoms with E-state index in [4.69, 9.17) is 27.9 Å². The number of methoxy groups -OCH3 is 1. The fraction of sp³-hybridized carbons (Fsp3) is 0.231. The highest BCUT2D eigenvalue weighted by Crippen LogP contribution is 2.28. The first-order valence-electron chi connectivity index (χ1n) is 10.5. The van der Waals surface area contributed by atoms with Crippen LogP contribution in [0.15, 0.2) is 60.7 Å². The molecule has 1 atom stereocenters. The molecule has 0 fully saturated rings. The zero-order valence-corrected chi connectivity index (χ0v) is 19.9. The predicted octanol–water partition coefficient (Wildman–Crippen LogP) is 6.25. The lowest BCUT2D eigenvalue weighted by molar-refractivity contribution is -0.141. The van der Waals surface area contributed by atoms with Crippen molar-refractivity contribution in [2.24, 2.45) is 5.92 Å². The molecule has 0 radical (unpaired) electrons. The van der Waals surface area contributed by atoms with Gasteiger partial charge in [0.15, 0.2) is 0 Å². The summed E-state index contributed by atoms with van der Waals surface area (Å²) >= 11 is 12.1. The molecule has 0 saturated carbocycles. The van der Waals surface area contributed by atoms with E-state index in [1.165, 1.54) is 6.07 Å². The van der Waals surface area contributed by atoms with Gasteiger partial charge in [0.25, 0.3) is 5.91 Å². The van der Waals surface area contributed by atoms with Crippen molar-refractivity contribution in [2.75, 3.05) is 7.11 Å². The Hall–Kier alpha value is -3.02. The zero-order valence-electron chi connectivity index (χ0n) is 18.4. The Morgan fingerprint density at radius 3 is 2.45 bits per heavy atom. The molecule has 7 heteroatoms. The summed E-state index contributed by atoms with van der Waals surface area (Å²) < 4.78 is 5.47. The van der Waals surface area contributed by atoms with Crippen molar-refractivity contribution in [3.63, 3.8) is 0 Å². The van der Waals surface area contributed by atoms with Gasteiger partial charge in [-0.3, -0.25) is 9.59 Å². The SMILES string of the molecule is CCC(Cc1cccc(-c2ccc(OC)c(CNC(=O)c3ccc(Cl)cc3Cl)c2)c1)C(=O)O. The Labute approximate surface area is 203 Å². The van der Waals surface area contributed by atoms with Crippen LogP contribution in [0.1, 0.15) is 34.8 Å². The second-order valence-corrected chi connectivity index (χ2v) is 8.53. The molecule has 0 aromatic heterocycles. The van der Waals surface area contributed by atoms with Crippen LogP contribution in [-0.2, 0) is 17.8 Å². The second kappa shape index (κ2) is 11.2. The third-order valence-electron chi connectivity index (χ3n) is 5.48. The van der Waals surface area contributed by atoms with Gasteiger partial charge in [0.1, 0.15) is 5.75 Å². The number of halogens is 2. The molecular formula is C26H25Cl2NO4. The molecule has 3 rings (SSSR count). The zero-order chi connectivity index (χ0) is 24.0. The first-order valence-corrected chi connectivity index (χ1v) is 11.3. The number of hydrogen-bond acceptors (Lipinski definition) is 3. The molecule has 0 aliphatic rings. The average Bonchev–Trinajstić information content (AvgIpc) is 2.80. The molecule has 3 aromatic rings. The lowest BCUT2D eigenvalue weighted by Gasteiger charge is -2.14. The predicted molar refractivity (Wildman–Crippen MR) is 131 cm³/mol. The molecule has 1 unspecified atom stereocenters. The number of carboxylic acids is 1. The summed E-state index contributed by atoms with van der Waals surface area (Å²) in [6, 6.07) is 18.3. The molecule has 0 aliphatic heterocycles. The monoisotopic (exact) mass is 485 g/mol. The van der Waals surface area contributed by atoms with E-state index >= 15 is 0 Å². The maximum atomic E-state index is 12.6. The maximum absolute atomic E-state index is 12.6. The van der Waals surface area contributed by atoms with E-state index in [1.807, 2.05) is 49.4 Å². The average molecular weight is 486 g/mol. The van der Waals surface area contributed by atoms with Gasteiger partial charge in [0, 0.05) is 17.1 Å². The Kier molecular flexibility index (Phi) is 8.37. The van der Waals surface area contributed by atoms with E-state index in [0.29, 0.717) is 29.2 Å². The smallest absolute Gasteiger partial charge is 0.306 e. The van der Waals surface area contributed by atoms with Crippen LogP contribution in [0.25, 0.3) is 11.1 Å². The van der Waals surface area contributed by atoms with E-state index in [9.17, 15) is 14.7 Å². The Bertz CT molecular complexity index is 1160. The molecule has 3 aromatic carbocycles. The summed E-state index contributed by atoms with van der Waals surface area (Å²) in [6.07, 6.45) is 1.05. The van der Waals surface area contributed by atoms with Crippen molar-refractivity contribution in [3.8, 4) is 16.9 Å². The van der Waals surface area contributed by atoms with Crippen LogP contribution in [0.4, 0.5) is 0 Å². The van der Waals surface area contributed by atoms with Crippen molar-refractivity contribution >= 4 is 35.1 Å². The largest absolute Gasteiger partial charge is 0.496 e. The Balaban J connectivity index is 1.81. The van der Waals surface area contributed by atoms with Crippen LogP contribution in [0, 0.1) is 5.92 Å². The molecule has 2 N–H and O–H groups in total. The van der Waals surface area contributed by atoms with Gasteiger partial charge in [-0.25, -0.2) is 0 Å². The van der Waals surface area contributed by atoms with E-state index in [-0.39, 0.29) is 17.5 Å². The molecule has 33 heavy (non-hydrogen) atoms. The van der Waals surface area contributed by atoms with Crippen LogP contribution < -0.4 is 10.1 Å². The fourth-order valence-corrected chi connectivity index (χ4v) is 4.10. The molecule has 1 amide bonds. The highest BCUT2D eigenvalue weighted by molar-refractivity contribution is 6.36. The molecular weight excluding hydrogens is 461 g/mol. The number of carbonyl (C=O) groups is 2. The number of carboxylic acid groups (broad SMARTS) is 1. The summed E-state index contributed by atoms with van der Waals surface area (Å²) in [5.74, 6) is -0.868. The van der Waals surface area contributed by atoms with Crippen LogP contribution in [0.3, 0.4) is 0 Å². The third kappa shape index (κ3) is 6.28. The molecule has 172 valence electrons. The maximum Gasteiger partial charge on any atom is 0.306 e. The van der Waals surface area contributed by atoms with Crippen molar-refractivity contribution < 1.29 is 19.4 Å². The Morgan fingerprint density at radius 1 is 1.03 bits per heavy atom. The van der Waals surface area contributed by atoms with Crippen LogP contribution >= 0.6 is 23.2 Å². The van der Waals surface area contributed by atoms with Gasteiger partial charge >= 0.3 is 5.97 Å². The van der Waals surface area contributed by atoms with E-state index in [2.05, 4.69) is 5.32 Å².